The van der Waals surface area contributed by atoms with Gasteiger partial charge in [-0.05, 0) is 36.7 Å². The summed E-state index contributed by atoms with van der Waals surface area (Å²) >= 11 is 0. The fraction of sp³-hybridized carbons (Fsp3) is 0.500. The molecule has 1 aliphatic heterocycles. The predicted octanol–water partition coefficient (Wildman–Crippen LogP) is 2.76. The van der Waals surface area contributed by atoms with Gasteiger partial charge in [0, 0.05) is 30.9 Å². The highest BCUT2D eigenvalue weighted by Crippen LogP contribution is 2.43. The molecule has 102 valence electrons. The molecular formula is C16H21FN2. The van der Waals surface area contributed by atoms with Crippen molar-refractivity contribution in [2.45, 2.75) is 19.4 Å². The molecule has 3 heteroatoms. The number of allylic oxidation sites excluding steroid dienone is 1. The van der Waals surface area contributed by atoms with Crippen LogP contribution in [0.5, 0.6) is 0 Å². The molecule has 1 saturated carbocycles. The van der Waals surface area contributed by atoms with Gasteiger partial charge in [0.15, 0.2) is 0 Å². The Kier molecular flexibility index (Phi) is 3.31. The molecule has 2 fully saturated rings. The van der Waals surface area contributed by atoms with Crippen molar-refractivity contribution in [2.24, 2.45) is 23.5 Å². The summed E-state index contributed by atoms with van der Waals surface area (Å²) in [6, 6.07) is 7.08. The number of benzene rings is 1. The Balaban J connectivity index is 1.60. The number of fused-ring (bicyclic) bond motifs is 1. The van der Waals surface area contributed by atoms with Crippen LogP contribution < -0.4 is 5.73 Å². The van der Waals surface area contributed by atoms with Gasteiger partial charge < -0.3 is 5.73 Å². The van der Waals surface area contributed by atoms with Crippen LogP contribution in [0.2, 0.25) is 0 Å². The minimum absolute atomic E-state index is 0.0900. The monoisotopic (exact) mass is 260 g/mol. The van der Waals surface area contributed by atoms with Gasteiger partial charge in [-0.1, -0.05) is 24.8 Å². The van der Waals surface area contributed by atoms with E-state index in [2.05, 4.69) is 11.5 Å². The number of hydrogen-bond acceptors (Lipinski definition) is 2. The van der Waals surface area contributed by atoms with Crippen LogP contribution in [-0.2, 0) is 6.54 Å². The Morgan fingerprint density at radius 1 is 1.26 bits per heavy atom. The SMILES string of the molecule is C=C(N)C1C[C@@H]2CN(Cc3ccccc3F)C[C@@H]2C1. The maximum absolute atomic E-state index is 13.6. The minimum atomic E-state index is -0.0900. The first kappa shape index (κ1) is 12.7. The number of likely N-dealkylation sites (tertiary alicyclic amines) is 1. The number of rotatable bonds is 3. The summed E-state index contributed by atoms with van der Waals surface area (Å²) in [6.07, 6.45) is 2.32. The average Bonchev–Trinajstić information content (AvgIpc) is 2.90. The molecule has 3 atom stereocenters. The predicted molar refractivity (Wildman–Crippen MR) is 74.7 cm³/mol. The number of hydrogen-bond donors (Lipinski definition) is 1. The second-order valence-corrected chi connectivity index (χ2v) is 6.05. The lowest BCUT2D eigenvalue weighted by Gasteiger charge is -2.19. The second-order valence-electron chi connectivity index (χ2n) is 6.05. The van der Waals surface area contributed by atoms with Gasteiger partial charge in [-0.3, -0.25) is 4.90 Å². The van der Waals surface area contributed by atoms with E-state index in [0.717, 1.165) is 55.6 Å². The lowest BCUT2D eigenvalue weighted by Crippen LogP contribution is -2.23. The summed E-state index contributed by atoms with van der Waals surface area (Å²) in [5.41, 5.74) is 7.47. The highest BCUT2D eigenvalue weighted by atomic mass is 19.1. The molecule has 2 N–H and O–H groups in total. The van der Waals surface area contributed by atoms with Gasteiger partial charge in [-0.2, -0.15) is 0 Å². The van der Waals surface area contributed by atoms with Crippen molar-refractivity contribution in [3.63, 3.8) is 0 Å². The molecule has 1 aromatic rings. The summed E-state index contributed by atoms with van der Waals surface area (Å²) in [5, 5.41) is 0. The van der Waals surface area contributed by atoms with Crippen LogP contribution in [0.4, 0.5) is 4.39 Å². The molecular weight excluding hydrogens is 239 g/mol. The molecule has 3 rings (SSSR count). The van der Waals surface area contributed by atoms with Crippen molar-refractivity contribution in [3.05, 3.63) is 47.9 Å². The quantitative estimate of drug-likeness (QED) is 0.905. The Morgan fingerprint density at radius 3 is 2.47 bits per heavy atom. The van der Waals surface area contributed by atoms with E-state index in [0.29, 0.717) is 5.92 Å². The van der Waals surface area contributed by atoms with Crippen LogP contribution in [0, 0.1) is 23.6 Å². The lowest BCUT2D eigenvalue weighted by atomic mass is 10.0. The van der Waals surface area contributed by atoms with E-state index < -0.39 is 0 Å². The summed E-state index contributed by atoms with van der Waals surface area (Å²) in [7, 11) is 0. The summed E-state index contributed by atoms with van der Waals surface area (Å²) < 4.78 is 13.6. The maximum Gasteiger partial charge on any atom is 0.127 e. The third-order valence-corrected chi connectivity index (χ3v) is 4.70. The fourth-order valence-electron chi connectivity index (χ4n) is 3.70. The molecule has 0 radical (unpaired) electrons. The lowest BCUT2D eigenvalue weighted by molar-refractivity contribution is 0.291. The molecule has 1 unspecified atom stereocenters. The van der Waals surface area contributed by atoms with E-state index in [1.807, 2.05) is 12.1 Å². The van der Waals surface area contributed by atoms with Crippen molar-refractivity contribution in [2.75, 3.05) is 13.1 Å². The zero-order valence-corrected chi connectivity index (χ0v) is 11.2. The Labute approximate surface area is 114 Å². The van der Waals surface area contributed by atoms with Crippen LogP contribution in [-0.4, -0.2) is 18.0 Å². The molecule has 0 amide bonds. The molecule has 0 spiro atoms. The third-order valence-electron chi connectivity index (χ3n) is 4.70. The number of nitrogens with two attached hydrogens (primary N) is 1. The highest BCUT2D eigenvalue weighted by molar-refractivity contribution is 5.17. The standard InChI is InChI=1S/C16H21FN2/c1-11(18)13-6-14-9-19(10-15(14)7-13)8-12-4-2-3-5-16(12)17/h2-5,13-15H,1,6-10,18H2/t13?,14-,15+. The molecule has 0 bridgehead atoms. The van der Waals surface area contributed by atoms with E-state index in [9.17, 15) is 4.39 Å². The first-order valence-corrected chi connectivity index (χ1v) is 7.03. The molecule has 2 nitrogen and oxygen atoms in total. The molecule has 1 aliphatic carbocycles. The van der Waals surface area contributed by atoms with E-state index >= 15 is 0 Å². The van der Waals surface area contributed by atoms with Gasteiger partial charge in [0.2, 0.25) is 0 Å². The maximum atomic E-state index is 13.6. The largest absolute Gasteiger partial charge is 0.402 e. The smallest absolute Gasteiger partial charge is 0.127 e. The summed E-state index contributed by atoms with van der Waals surface area (Å²) in [4.78, 5) is 2.38. The number of halogens is 1. The molecule has 1 saturated heterocycles. The van der Waals surface area contributed by atoms with Gasteiger partial charge in [-0.15, -0.1) is 0 Å². The van der Waals surface area contributed by atoms with Crippen molar-refractivity contribution < 1.29 is 4.39 Å². The molecule has 2 aliphatic rings. The Morgan fingerprint density at radius 2 is 1.89 bits per heavy atom. The van der Waals surface area contributed by atoms with Gasteiger partial charge in [0.25, 0.3) is 0 Å². The zero-order valence-electron chi connectivity index (χ0n) is 11.2. The minimum Gasteiger partial charge on any atom is -0.402 e. The van der Waals surface area contributed by atoms with Crippen molar-refractivity contribution in [3.8, 4) is 0 Å². The normalized spacial score (nSPS) is 30.5. The highest BCUT2D eigenvalue weighted by Gasteiger charge is 2.41. The van der Waals surface area contributed by atoms with E-state index in [1.54, 1.807) is 12.1 Å². The summed E-state index contributed by atoms with van der Waals surface area (Å²) in [6.45, 7) is 6.75. The average molecular weight is 260 g/mol. The first-order chi connectivity index (χ1) is 9.13. The van der Waals surface area contributed by atoms with Crippen LogP contribution in [0.1, 0.15) is 18.4 Å². The topological polar surface area (TPSA) is 29.3 Å². The molecule has 0 aromatic heterocycles. The zero-order chi connectivity index (χ0) is 13.4. The number of nitrogens with zero attached hydrogens (tertiary/aromatic N) is 1. The van der Waals surface area contributed by atoms with Crippen molar-refractivity contribution in [1.29, 1.82) is 0 Å². The molecule has 1 heterocycles. The molecule has 19 heavy (non-hydrogen) atoms. The van der Waals surface area contributed by atoms with Gasteiger partial charge in [0.05, 0.1) is 0 Å². The third kappa shape index (κ3) is 2.52. The second kappa shape index (κ2) is 4.97. The first-order valence-electron chi connectivity index (χ1n) is 7.03. The van der Waals surface area contributed by atoms with Crippen molar-refractivity contribution >= 4 is 0 Å². The van der Waals surface area contributed by atoms with Crippen molar-refractivity contribution in [1.82, 2.24) is 4.90 Å². The van der Waals surface area contributed by atoms with Gasteiger partial charge in [-0.25, -0.2) is 4.39 Å². The van der Waals surface area contributed by atoms with Gasteiger partial charge in [0.1, 0.15) is 5.82 Å². The van der Waals surface area contributed by atoms with E-state index in [4.69, 9.17) is 5.73 Å². The summed E-state index contributed by atoms with van der Waals surface area (Å²) in [5.74, 6) is 1.85. The van der Waals surface area contributed by atoms with Crippen LogP contribution in [0.3, 0.4) is 0 Å². The Hall–Kier alpha value is -1.35. The van der Waals surface area contributed by atoms with E-state index in [1.165, 1.54) is 0 Å². The van der Waals surface area contributed by atoms with Crippen LogP contribution in [0.25, 0.3) is 0 Å². The fourth-order valence-corrected chi connectivity index (χ4v) is 3.70. The van der Waals surface area contributed by atoms with Crippen LogP contribution >= 0.6 is 0 Å². The van der Waals surface area contributed by atoms with E-state index in [-0.39, 0.29) is 5.82 Å². The van der Waals surface area contributed by atoms with Crippen LogP contribution in [0.15, 0.2) is 36.5 Å². The Bertz CT molecular complexity index is 471. The van der Waals surface area contributed by atoms with Gasteiger partial charge >= 0.3 is 0 Å². The molecule has 1 aromatic carbocycles.